The summed E-state index contributed by atoms with van der Waals surface area (Å²) in [5.41, 5.74) is 2.05. The Balaban J connectivity index is 1.85. The van der Waals surface area contributed by atoms with Crippen molar-refractivity contribution in [2.24, 2.45) is 0 Å². The second kappa shape index (κ2) is 7.54. The molecule has 1 aliphatic rings. The minimum absolute atomic E-state index is 0.177. The second-order valence-electron chi connectivity index (χ2n) is 6.15. The van der Waals surface area contributed by atoms with Crippen LogP contribution in [-0.4, -0.2) is 25.7 Å². The maximum Gasteiger partial charge on any atom is 0.129 e. The summed E-state index contributed by atoms with van der Waals surface area (Å²) in [4.78, 5) is 2.26. The summed E-state index contributed by atoms with van der Waals surface area (Å²) >= 11 is 0. The maximum absolute atomic E-state index is 14.2. The van der Waals surface area contributed by atoms with Crippen molar-refractivity contribution in [3.63, 3.8) is 0 Å². The highest BCUT2D eigenvalue weighted by Gasteiger charge is 2.29. The molecule has 25 heavy (non-hydrogen) atoms. The highest BCUT2D eigenvalue weighted by Crippen LogP contribution is 2.39. The fourth-order valence-electron chi connectivity index (χ4n) is 3.43. The predicted octanol–water partition coefficient (Wildman–Crippen LogP) is 4.05. The van der Waals surface area contributed by atoms with Crippen molar-refractivity contribution in [3.05, 3.63) is 58.9 Å². The zero-order valence-corrected chi connectivity index (χ0v) is 14.5. The van der Waals surface area contributed by atoms with Crippen LogP contribution in [-0.2, 0) is 6.54 Å². The van der Waals surface area contributed by atoms with Crippen LogP contribution in [0.2, 0.25) is 0 Å². The minimum atomic E-state index is -0.327. The maximum atomic E-state index is 14.2. The average molecular weight is 340 g/mol. The molecular formula is C20H21FN2O2. The molecule has 1 atom stereocenters. The number of nitriles is 1. The van der Waals surface area contributed by atoms with Crippen molar-refractivity contribution < 1.29 is 13.9 Å². The number of nitrogens with zero attached hydrogens (tertiary/aromatic N) is 2. The van der Waals surface area contributed by atoms with Gasteiger partial charge in [0.15, 0.2) is 0 Å². The number of hydrogen-bond acceptors (Lipinski definition) is 4. The van der Waals surface area contributed by atoms with E-state index in [0.717, 1.165) is 36.4 Å². The number of methoxy groups -OCH3 is 2. The summed E-state index contributed by atoms with van der Waals surface area (Å²) < 4.78 is 25.0. The van der Waals surface area contributed by atoms with Gasteiger partial charge in [0, 0.05) is 29.8 Å². The molecule has 0 amide bonds. The highest BCUT2D eigenvalue weighted by molar-refractivity contribution is 5.43. The standard InChI is InChI=1S/C20H21FN2O2/c1-24-16-7-8-17(20(11-16)25-2)19-4-3-9-23(19)13-15-6-5-14(12-22)10-18(15)21/h5-8,10-11,19H,3-4,9,13H2,1-2H3/t19-/m0/s1. The van der Waals surface area contributed by atoms with Gasteiger partial charge in [0.25, 0.3) is 0 Å². The topological polar surface area (TPSA) is 45.5 Å². The predicted molar refractivity (Wildman–Crippen MR) is 93.0 cm³/mol. The Morgan fingerprint density at radius 1 is 1.20 bits per heavy atom. The van der Waals surface area contributed by atoms with Crippen LogP contribution in [0, 0.1) is 17.1 Å². The van der Waals surface area contributed by atoms with Gasteiger partial charge in [0.05, 0.1) is 25.9 Å². The molecule has 1 aliphatic heterocycles. The number of hydrogen-bond donors (Lipinski definition) is 0. The number of halogens is 1. The Bertz CT molecular complexity index is 801. The molecule has 2 aromatic rings. The Morgan fingerprint density at radius 2 is 2.04 bits per heavy atom. The van der Waals surface area contributed by atoms with Crippen LogP contribution in [0.3, 0.4) is 0 Å². The third-order valence-corrected chi connectivity index (χ3v) is 4.72. The van der Waals surface area contributed by atoms with Crippen molar-refractivity contribution in [2.75, 3.05) is 20.8 Å². The molecule has 1 saturated heterocycles. The van der Waals surface area contributed by atoms with Crippen LogP contribution in [0.15, 0.2) is 36.4 Å². The molecule has 0 aromatic heterocycles. The lowest BCUT2D eigenvalue weighted by molar-refractivity contribution is 0.239. The highest BCUT2D eigenvalue weighted by atomic mass is 19.1. The summed E-state index contributed by atoms with van der Waals surface area (Å²) in [6, 6.07) is 12.6. The minimum Gasteiger partial charge on any atom is -0.497 e. The van der Waals surface area contributed by atoms with Crippen molar-refractivity contribution in [3.8, 4) is 17.6 Å². The first kappa shape index (κ1) is 17.2. The van der Waals surface area contributed by atoms with Gasteiger partial charge in [-0.1, -0.05) is 12.1 Å². The Hall–Kier alpha value is -2.58. The van der Waals surface area contributed by atoms with Crippen LogP contribution < -0.4 is 9.47 Å². The molecule has 2 aromatic carbocycles. The van der Waals surface area contributed by atoms with Gasteiger partial charge in [0.1, 0.15) is 17.3 Å². The molecule has 0 unspecified atom stereocenters. The van der Waals surface area contributed by atoms with Gasteiger partial charge in [-0.05, 0) is 37.6 Å². The molecule has 130 valence electrons. The molecule has 4 nitrogen and oxygen atoms in total. The van der Waals surface area contributed by atoms with Crippen molar-refractivity contribution in [1.82, 2.24) is 4.90 Å². The smallest absolute Gasteiger partial charge is 0.129 e. The molecular weight excluding hydrogens is 319 g/mol. The van der Waals surface area contributed by atoms with E-state index in [2.05, 4.69) is 4.90 Å². The van der Waals surface area contributed by atoms with E-state index in [-0.39, 0.29) is 11.9 Å². The van der Waals surface area contributed by atoms with Gasteiger partial charge in [-0.25, -0.2) is 4.39 Å². The Morgan fingerprint density at radius 3 is 2.72 bits per heavy atom. The SMILES string of the molecule is COc1ccc([C@@H]2CCCN2Cc2ccc(C#N)cc2F)c(OC)c1. The van der Waals surface area contributed by atoms with E-state index >= 15 is 0 Å². The van der Waals surface area contributed by atoms with Crippen molar-refractivity contribution >= 4 is 0 Å². The third-order valence-electron chi connectivity index (χ3n) is 4.72. The number of ether oxygens (including phenoxy) is 2. The Labute approximate surface area is 147 Å². The Kier molecular flexibility index (Phi) is 5.20. The molecule has 0 aliphatic carbocycles. The zero-order chi connectivity index (χ0) is 17.8. The van der Waals surface area contributed by atoms with E-state index < -0.39 is 0 Å². The van der Waals surface area contributed by atoms with Gasteiger partial charge < -0.3 is 9.47 Å². The van der Waals surface area contributed by atoms with Crippen molar-refractivity contribution in [1.29, 1.82) is 5.26 Å². The lowest BCUT2D eigenvalue weighted by atomic mass is 10.0. The number of likely N-dealkylation sites (tertiary alicyclic amines) is 1. The lowest BCUT2D eigenvalue weighted by Crippen LogP contribution is -2.23. The van der Waals surface area contributed by atoms with E-state index in [1.807, 2.05) is 24.3 Å². The molecule has 3 rings (SSSR count). The largest absolute Gasteiger partial charge is 0.497 e. The van der Waals surface area contributed by atoms with E-state index in [0.29, 0.717) is 17.7 Å². The summed E-state index contributed by atoms with van der Waals surface area (Å²) in [6.45, 7) is 1.41. The average Bonchev–Trinajstić information content (AvgIpc) is 3.10. The quantitative estimate of drug-likeness (QED) is 0.824. The number of benzene rings is 2. The molecule has 0 N–H and O–H groups in total. The van der Waals surface area contributed by atoms with Gasteiger partial charge >= 0.3 is 0 Å². The summed E-state index contributed by atoms with van der Waals surface area (Å²) in [6.07, 6.45) is 2.05. The molecule has 0 radical (unpaired) electrons. The summed E-state index contributed by atoms with van der Waals surface area (Å²) in [5.74, 6) is 1.21. The van der Waals surface area contributed by atoms with Gasteiger partial charge in [-0.2, -0.15) is 5.26 Å². The van der Waals surface area contributed by atoms with Gasteiger partial charge in [0.2, 0.25) is 0 Å². The first-order valence-corrected chi connectivity index (χ1v) is 8.30. The van der Waals surface area contributed by atoms with Crippen LogP contribution in [0.1, 0.15) is 35.6 Å². The fraction of sp³-hybridized carbons (Fsp3) is 0.350. The van der Waals surface area contributed by atoms with Gasteiger partial charge in [-0.3, -0.25) is 4.90 Å². The molecule has 0 saturated carbocycles. The summed E-state index contributed by atoms with van der Waals surface area (Å²) in [7, 11) is 3.28. The first-order chi connectivity index (χ1) is 12.2. The van der Waals surface area contributed by atoms with Crippen LogP contribution in [0.5, 0.6) is 11.5 Å². The van der Waals surface area contributed by atoms with Crippen molar-refractivity contribution in [2.45, 2.75) is 25.4 Å². The van der Waals surface area contributed by atoms with Gasteiger partial charge in [-0.15, -0.1) is 0 Å². The third kappa shape index (κ3) is 3.59. The van der Waals surface area contributed by atoms with Crippen LogP contribution in [0.25, 0.3) is 0 Å². The fourth-order valence-corrected chi connectivity index (χ4v) is 3.43. The van der Waals surface area contributed by atoms with E-state index in [1.165, 1.54) is 6.07 Å². The number of rotatable bonds is 5. The van der Waals surface area contributed by atoms with Crippen LogP contribution in [0.4, 0.5) is 4.39 Å². The molecule has 5 heteroatoms. The monoisotopic (exact) mass is 340 g/mol. The second-order valence-corrected chi connectivity index (χ2v) is 6.15. The molecule has 1 fully saturated rings. The van der Waals surface area contributed by atoms with E-state index in [4.69, 9.17) is 14.7 Å². The molecule has 0 spiro atoms. The summed E-state index contributed by atoms with van der Waals surface area (Å²) in [5, 5.41) is 8.88. The van der Waals surface area contributed by atoms with E-state index in [1.54, 1.807) is 26.4 Å². The normalized spacial score (nSPS) is 17.3. The van der Waals surface area contributed by atoms with Crippen LogP contribution >= 0.6 is 0 Å². The zero-order valence-electron chi connectivity index (χ0n) is 14.5. The van der Waals surface area contributed by atoms with E-state index in [9.17, 15) is 4.39 Å². The lowest BCUT2D eigenvalue weighted by Gasteiger charge is -2.26. The first-order valence-electron chi connectivity index (χ1n) is 8.30. The molecule has 1 heterocycles. The molecule has 0 bridgehead atoms.